The second-order valence-electron chi connectivity index (χ2n) is 6.14. The molecule has 0 unspecified atom stereocenters. The molecule has 3 heterocycles. The number of hydrogen-bond donors (Lipinski definition) is 0. The highest BCUT2D eigenvalue weighted by atomic mass is 35.5. The van der Waals surface area contributed by atoms with Crippen molar-refractivity contribution >= 4 is 65.0 Å². The van der Waals surface area contributed by atoms with E-state index in [1.54, 1.807) is 28.7 Å². The molecule has 0 radical (unpaired) electrons. The maximum absolute atomic E-state index is 13.9. The molecule has 5 rings (SSSR count). The summed E-state index contributed by atoms with van der Waals surface area (Å²) in [6.07, 6.45) is 0. The van der Waals surface area contributed by atoms with Crippen LogP contribution in [0.15, 0.2) is 36.4 Å². The van der Waals surface area contributed by atoms with Crippen molar-refractivity contribution in [1.29, 1.82) is 0 Å². The third-order valence-electron chi connectivity index (χ3n) is 4.54. The Hall–Kier alpha value is -1.96. The van der Waals surface area contributed by atoms with Crippen LogP contribution in [0.1, 0.15) is 0 Å². The number of hydrogen-bond acceptors (Lipinski definition) is 6. The highest BCUT2D eigenvalue weighted by molar-refractivity contribution is 7.22. The topological polar surface area (TPSA) is 32.3 Å². The lowest BCUT2D eigenvalue weighted by Crippen LogP contribution is -2.46. The maximum Gasteiger partial charge on any atom is 0.186 e. The van der Waals surface area contributed by atoms with E-state index >= 15 is 0 Å². The minimum absolute atomic E-state index is 0.255. The van der Waals surface area contributed by atoms with Gasteiger partial charge < -0.3 is 9.80 Å². The van der Waals surface area contributed by atoms with Crippen molar-refractivity contribution in [2.45, 2.75) is 0 Å². The molecule has 0 spiro atoms. The Morgan fingerprint density at radius 3 is 1.92 bits per heavy atom. The summed E-state index contributed by atoms with van der Waals surface area (Å²) in [5, 5.41) is 2.58. The van der Waals surface area contributed by atoms with Gasteiger partial charge in [0.15, 0.2) is 10.3 Å². The van der Waals surface area contributed by atoms with Crippen LogP contribution in [0.2, 0.25) is 5.02 Å². The quantitative estimate of drug-likeness (QED) is 0.469. The number of benzene rings is 2. The molecule has 4 aromatic rings. The number of rotatable bonds is 2. The first-order valence-electron chi connectivity index (χ1n) is 8.29. The molecule has 2 aromatic heterocycles. The zero-order chi connectivity index (χ0) is 17.7. The van der Waals surface area contributed by atoms with Crippen molar-refractivity contribution in [1.82, 2.24) is 9.97 Å². The van der Waals surface area contributed by atoms with E-state index in [1.165, 1.54) is 6.07 Å². The van der Waals surface area contributed by atoms with Gasteiger partial charge in [0.25, 0.3) is 0 Å². The SMILES string of the molecule is Fc1cccc2sc(N3CCN(c4nc5c(Cl)cccc5s4)CC3)nc12. The van der Waals surface area contributed by atoms with Crippen molar-refractivity contribution in [3.63, 3.8) is 0 Å². The Morgan fingerprint density at radius 2 is 1.35 bits per heavy atom. The number of halogens is 2. The molecule has 0 atom stereocenters. The number of piperazine rings is 1. The van der Waals surface area contributed by atoms with Gasteiger partial charge in [-0.25, -0.2) is 14.4 Å². The van der Waals surface area contributed by atoms with Gasteiger partial charge in [-0.15, -0.1) is 0 Å². The van der Waals surface area contributed by atoms with E-state index in [9.17, 15) is 4.39 Å². The predicted molar refractivity (Wildman–Crippen MR) is 109 cm³/mol. The van der Waals surface area contributed by atoms with Crippen molar-refractivity contribution in [2.75, 3.05) is 36.0 Å². The molecule has 1 aliphatic rings. The molecule has 0 amide bonds. The average Bonchev–Trinajstić information content (AvgIpc) is 3.28. The second-order valence-corrected chi connectivity index (χ2v) is 8.57. The summed E-state index contributed by atoms with van der Waals surface area (Å²) in [6.45, 7) is 3.39. The molecule has 1 aliphatic heterocycles. The summed E-state index contributed by atoms with van der Waals surface area (Å²) in [5.74, 6) is -0.255. The van der Waals surface area contributed by atoms with E-state index in [1.807, 2.05) is 24.3 Å². The Bertz CT molecular complexity index is 1010. The standard InChI is InChI=1S/C18H14ClFN4S2/c19-11-3-1-5-13-15(11)21-17(25-13)23-7-9-24(10-8-23)18-22-16-12(20)4-2-6-14(16)26-18/h1-6H,7-10H2. The highest BCUT2D eigenvalue weighted by Gasteiger charge is 2.23. The maximum atomic E-state index is 13.9. The van der Waals surface area contributed by atoms with Crippen LogP contribution in [0.25, 0.3) is 20.4 Å². The van der Waals surface area contributed by atoms with Gasteiger partial charge in [-0.1, -0.05) is 46.4 Å². The van der Waals surface area contributed by atoms with Gasteiger partial charge in [0.2, 0.25) is 0 Å². The summed E-state index contributed by atoms with van der Waals surface area (Å²) >= 11 is 9.46. The Kier molecular flexibility index (Phi) is 3.95. The van der Waals surface area contributed by atoms with Crippen molar-refractivity contribution in [3.8, 4) is 0 Å². The third-order valence-corrected chi connectivity index (χ3v) is 7.01. The van der Waals surface area contributed by atoms with Gasteiger partial charge in [-0.3, -0.25) is 0 Å². The van der Waals surface area contributed by atoms with Crippen molar-refractivity contribution in [3.05, 3.63) is 47.2 Å². The first-order valence-corrected chi connectivity index (χ1v) is 10.3. The molecule has 26 heavy (non-hydrogen) atoms. The highest BCUT2D eigenvalue weighted by Crippen LogP contribution is 2.34. The summed E-state index contributed by atoms with van der Waals surface area (Å²) in [4.78, 5) is 13.7. The van der Waals surface area contributed by atoms with Crippen LogP contribution in [0.5, 0.6) is 0 Å². The first kappa shape index (κ1) is 16.2. The summed E-state index contributed by atoms with van der Waals surface area (Å²) in [7, 11) is 0. The monoisotopic (exact) mass is 404 g/mol. The fourth-order valence-corrected chi connectivity index (χ4v) is 5.51. The van der Waals surface area contributed by atoms with Crippen LogP contribution in [-0.2, 0) is 0 Å². The van der Waals surface area contributed by atoms with E-state index in [4.69, 9.17) is 16.6 Å². The summed E-state index contributed by atoms with van der Waals surface area (Å²) in [6, 6.07) is 11.0. The lowest BCUT2D eigenvalue weighted by atomic mass is 10.3. The minimum atomic E-state index is -0.255. The zero-order valence-corrected chi connectivity index (χ0v) is 16.0. The third kappa shape index (κ3) is 2.71. The number of aromatic nitrogens is 2. The van der Waals surface area contributed by atoms with E-state index < -0.39 is 0 Å². The molecule has 1 saturated heterocycles. The smallest absolute Gasteiger partial charge is 0.186 e. The van der Waals surface area contributed by atoms with Crippen molar-refractivity contribution in [2.24, 2.45) is 0 Å². The molecule has 4 nitrogen and oxygen atoms in total. The molecule has 1 fully saturated rings. The fourth-order valence-electron chi connectivity index (χ4n) is 3.17. The molecular weight excluding hydrogens is 391 g/mol. The fraction of sp³-hybridized carbons (Fsp3) is 0.222. The van der Waals surface area contributed by atoms with E-state index in [2.05, 4.69) is 14.8 Å². The molecule has 2 aromatic carbocycles. The molecule has 0 bridgehead atoms. The van der Waals surface area contributed by atoms with Gasteiger partial charge in [0.05, 0.1) is 14.4 Å². The van der Waals surface area contributed by atoms with Gasteiger partial charge in [0.1, 0.15) is 16.9 Å². The first-order chi connectivity index (χ1) is 12.7. The van der Waals surface area contributed by atoms with Crippen LogP contribution in [0.4, 0.5) is 14.7 Å². The number of anilines is 2. The molecule has 8 heteroatoms. The zero-order valence-electron chi connectivity index (χ0n) is 13.7. The Morgan fingerprint density at radius 1 is 0.808 bits per heavy atom. The average molecular weight is 405 g/mol. The molecule has 0 N–H and O–H groups in total. The predicted octanol–water partition coefficient (Wildman–Crippen LogP) is 5.03. The van der Waals surface area contributed by atoms with Crippen LogP contribution in [0, 0.1) is 5.82 Å². The van der Waals surface area contributed by atoms with E-state index in [0.717, 1.165) is 51.4 Å². The second kappa shape index (κ2) is 6.33. The van der Waals surface area contributed by atoms with E-state index in [-0.39, 0.29) is 5.82 Å². The Labute approximate surface area is 162 Å². The minimum Gasteiger partial charge on any atom is -0.345 e. The lowest BCUT2D eigenvalue weighted by molar-refractivity contribution is 0.635. The van der Waals surface area contributed by atoms with E-state index in [0.29, 0.717) is 10.5 Å². The number of fused-ring (bicyclic) bond motifs is 2. The normalized spacial score (nSPS) is 15.3. The van der Waals surface area contributed by atoms with Gasteiger partial charge in [-0.2, -0.15) is 0 Å². The van der Waals surface area contributed by atoms with Crippen LogP contribution in [-0.4, -0.2) is 36.1 Å². The van der Waals surface area contributed by atoms with Gasteiger partial charge >= 0.3 is 0 Å². The number of thiazole rings is 2. The van der Waals surface area contributed by atoms with Crippen LogP contribution >= 0.6 is 34.3 Å². The molecule has 0 aliphatic carbocycles. The molecular formula is C18H14ClFN4S2. The summed E-state index contributed by atoms with van der Waals surface area (Å²) < 4.78 is 15.9. The summed E-state index contributed by atoms with van der Waals surface area (Å²) in [5.41, 5.74) is 1.34. The Balaban J connectivity index is 1.36. The molecule has 132 valence electrons. The number of para-hydroxylation sites is 2. The largest absolute Gasteiger partial charge is 0.345 e. The van der Waals surface area contributed by atoms with Crippen molar-refractivity contribution < 1.29 is 4.39 Å². The van der Waals surface area contributed by atoms with Gasteiger partial charge in [0, 0.05) is 26.2 Å². The molecule has 0 saturated carbocycles. The van der Waals surface area contributed by atoms with Crippen LogP contribution in [0.3, 0.4) is 0 Å². The van der Waals surface area contributed by atoms with Gasteiger partial charge in [-0.05, 0) is 24.3 Å². The van der Waals surface area contributed by atoms with Crippen LogP contribution < -0.4 is 9.80 Å². The number of nitrogens with zero attached hydrogens (tertiary/aromatic N) is 4. The lowest BCUT2D eigenvalue weighted by Gasteiger charge is -2.34.